The van der Waals surface area contributed by atoms with Crippen LogP contribution in [0.5, 0.6) is 0 Å². The molecule has 18 heavy (non-hydrogen) atoms. The van der Waals surface area contributed by atoms with E-state index < -0.39 is 5.97 Å². The van der Waals surface area contributed by atoms with Crippen molar-refractivity contribution in [1.29, 1.82) is 0 Å². The maximum absolute atomic E-state index is 10.8. The third-order valence-corrected chi connectivity index (χ3v) is 3.30. The minimum Gasteiger partial charge on any atom is -0.477 e. The topological polar surface area (TPSA) is 71.5 Å². The van der Waals surface area contributed by atoms with E-state index in [9.17, 15) is 4.79 Å². The molecule has 0 saturated carbocycles. The molecular weight excluding hydrogens is 232 g/mol. The Balaban J connectivity index is 1.89. The van der Waals surface area contributed by atoms with E-state index in [1.165, 1.54) is 6.07 Å². The number of nitrogens with one attached hydrogen (secondary N) is 1. The molecule has 1 aliphatic rings. The highest BCUT2D eigenvalue weighted by Gasteiger charge is 2.21. The van der Waals surface area contributed by atoms with Gasteiger partial charge in [0, 0.05) is 19.2 Å². The van der Waals surface area contributed by atoms with Crippen molar-refractivity contribution in [3.63, 3.8) is 0 Å². The van der Waals surface area contributed by atoms with Crippen LogP contribution in [0.4, 0.5) is 0 Å². The number of rotatable bonds is 5. The van der Waals surface area contributed by atoms with Crippen LogP contribution in [0.1, 0.15) is 29.5 Å². The molecule has 2 rings (SSSR count). The molecule has 1 aromatic rings. The smallest absolute Gasteiger partial charge is 0.354 e. The SMILES string of the molecule is CC(NCc1cccc(C(=O)O)n1)C1CCOC1. The number of carboxylic acids is 1. The van der Waals surface area contributed by atoms with E-state index in [0.29, 0.717) is 18.5 Å². The van der Waals surface area contributed by atoms with E-state index >= 15 is 0 Å². The van der Waals surface area contributed by atoms with Gasteiger partial charge in [-0.05, 0) is 31.4 Å². The van der Waals surface area contributed by atoms with E-state index in [1.807, 2.05) is 6.07 Å². The maximum atomic E-state index is 10.8. The van der Waals surface area contributed by atoms with Crippen LogP contribution in [-0.2, 0) is 11.3 Å². The second kappa shape index (κ2) is 5.93. The van der Waals surface area contributed by atoms with Crippen molar-refractivity contribution >= 4 is 5.97 Å². The molecule has 0 bridgehead atoms. The summed E-state index contributed by atoms with van der Waals surface area (Å²) in [6.07, 6.45) is 1.08. The molecule has 1 aromatic heterocycles. The molecule has 1 fully saturated rings. The summed E-state index contributed by atoms with van der Waals surface area (Å²) in [4.78, 5) is 14.9. The molecule has 2 atom stereocenters. The summed E-state index contributed by atoms with van der Waals surface area (Å²) in [5.74, 6) is -0.457. The molecule has 5 heteroatoms. The van der Waals surface area contributed by atoms with E-state index in [0.717, 1.165) is 25.3 Å². The van der Waals surface area contributed by atoms with Gasteiger partial charge in [0.2, 0.25) is 0 Å². The molecule has 1 saturated heterocycles. The molecule has 98 valence electrons. The lowest BCUT2D eigenvalue weighted by Crippen LogP contribution is -2.33. The van der Waals surface area contributed by atoms with Gasteiger partial charge in [-0.3, -0.25) is 0 Å². The van der Waals surface area contributed by atoms with Crippen LogP contribution in [0.2, 0.25) is 0 Å². The maximum Gasteiger partial charge on any atom is 0.354 e. The van der Waals surface area contributed by atoms with E-state index in [1.54, 1.807) is 6.07 Å². The molecule has 2 N–H and O–H groups in total. The Bertz CT molecular complexity index is 416. The molecule has 2 unspecified atom stereocenters. The molecule has 0 spiro atoms. The minimum absolute atomic E-state index is 0.0890. The number of carboxylic acid groups (broad SMARTS) is 1. The highest BCUT2D eigenvalue weighted by Crippen LogP contribution is 2.16. The van der Waals surface area contributed by atoms with Crippen LogP contribution in [0.15, 0.2) is 18.2 Å². The van der Waals surface area contributed by atoms with Gasteiger partial charge in [0.15, 0.2) is 0 Å². The molecule has 2 heterocycles. The lowest BCUT2D eigenvalue weighted by molar-refractivity contribution is 0.0690. The van der Waals surface area contributed by atoms with Crippen LogP contribution in [-0.4, -0.2) is 35.3 Å². The second-order valence-electron chi connectivity index (χ2n) is 4.61. The number of hydrogen-bond donors (Lipinski definition) is 2. The Morgan fingerprint density at radius 1 is 1.67 bits per heavy atom. The predicted octanol–water partition coefficient (Wildman–Crippen LogP) is 1.29. The first kappa shape index (κ1) is 13.0. The van der Waals surface area contributed by atoms with Crippen LogP contribution in [0, 0.1) is 5.92 Å². The van der Waals surface area contributed by atoms with Gasteiger partial charge in [0.1, 0.15) is 5.69 Å². The number of nitrogens with zero attached hydrogens (tertiary/aromatic N) is 1. The third kappa shape index (κ3) is 3.27. The quantitative estimate of drug-likeness (QED) is 0.824. The van der Waals surface area contributed by atoms with Gasteiger partial charge < -0.3 is 15.2 Å². The van der Waals surface area contributed by atoms with Crippen LogP contribution in [0.25, 0.3) is 0 Å². The van der Waals surface area contributed by atoms with Crippen LogP contribution < -0.4 is 5.32 Å². The summed E-state index contributed by atoms with van der Waals surface area (Å²) < 4.78 is 5.35. The Hall–Kier alpha value is -1.46. The number of pyridine rings is 1. The van der Waals surface area contributed by atoms with Gasteiger partial charge in [-0.25, -0.2) is 9.78 Å². The molecular formula is C13H18N2O3. The average molecular weight is 250 g/mol. The van der Waals surface area contributed by atoms with E-state index in [2.05, 4.69) is 17.2 Å². The summed E-state index contributed by atoms with van der Waals surface area (Å²) in [5.41, 5.74) is 0.840. The fourth-order valence-electron chi connectivity index (χ4n) is 2.08. The first-order valence-corrected chi connectivity index (χ1v) is 6.17. The van der Waals surface area contributed by atoms with Gasteiger partial charge >= 0.3 is 5.97 Å². The van der Waals surface area contributed by atoms with Crippen molar-refractivity contribution in [3.05, 3.63) is 29.6 Å². The lowest BCUT2D eigenvalue weighted by atomic mass is 10.0. The number of aromatic carboxylic acids is 1. The molecule has 0 amide bonds. The number of ether oxygens (including phenoxy) is 1. The average Bonchev–Trinajstić information content (AvgIpc) is 2.90. The summed E-state index contributed by atoms with van der Waals surface area (Å²) in [6, 6.07) is 5.40. The standard InChI is InChI=1S/C13H18N2O3/c1-9(10-5-6-18-8-10)14-7-11-3-2-4-12(15-11)13(16)17/h2-4,9-10,14H,5-8H2,1H3,(H,16,17). The van der Waals surface area contributed by atoms with Crippen molar-refractivity contribution < 1.29 is 14.6 Å². The highest BCUT2D eigenvalue weighted by atomic mass is 16.5. The molecule has 5 nitrogen and oxygen atoms in total. The summed E-state index contributed by atoms with van der Waals surface area (Å²) in [7, 11) is 0. The van der Waals surface area contributed by atoms with E-state index in [-0.39, 0.29) is 5.69 Å². The lowest BCUT2D eigenvalue weighted by Gasteiger charge is -2.19. The van der Waals surface area contributed by atoms with Gasteiger partial charge in [-0.15, -0.1) is 0 Å². The highest BCUT2D eigenvalue weighted by molar-refractivity contribution is 5.85. The Morgan fingerprint density at radius 3 is 3.17 bits per heavy atom. The number of hydrogen-bond acceptors (Lipinski definition) is 4. The van der Waals surface area contributed by atoms with Gasteiger partial charge in [-0.2, -0.15) is 0 Å². The minimum atomic E-state index is -0.992. The van der Waals surface area contributed by atoms with Crippen molar-refractivity contribution in [1.82, 2.24) is 10.3 Å². The Kier molecular flexibility index (Phi) is 4.28. The van der Waals surface area contributed by atoms with E-state index in [4.69, 9.17) is 9.84 Å². The first-order chi connectivity index (χ1) is 8.66. The van der Waals surface area contributed by atoms with Gasteiger partial charge in [0.25, 0.3) is 0 Å². The Morgan fingerprint density at radius 2 is 2.50 bits per heavy atom. The van der Waals surface area contributed by atoms with Gasteiger partial charge in [0.05, 0.1) is 12.3 Å². The van der Waals surface area contributed by atoms with Crippen molar-refractivity contribution in [2.75, 3.05) is 13.2 Å². The molecule has 0 radical (unpaired) electrons. The number of aromatic nitrogens is 1. The molecule has 0 aromatic carbocycles. The van der Waals surface area contributed by atoms with Crippen LogP contribution in [0.3, 0.4) is 0 Å². The Labute approximate surface area is 106 Å². The van der Waals surface area contributed by atoms with Crippen LogP contribution >= 0.6 is 0 Å². The molecule has 1 aliphatic heterocycles. The van der Waals surface area contributed by atoms with Crippen molar-refractivity contribution in [2.24, 2.45) is 5.92 Å². The van der Waals surface area contributed by atoms with Gasteiger partial charge in [-0.1, -0.05) is 6.07 Å². The largest absolute Gasteiger partial charge is 0.477 e. The summed E-state index contributed by atoms with van der Waals surface area (Å²) >= 11 is 0. The third-order valence-electron chi connectivity index (χ3n) is 3.30. The predicted molar refractivity (Wildman–Crippen MR) is 66.4 cm³/mol. The van der Waals surface area contributed by atoms with Crippen molar-refractivity contribution in [3.8, 4) is 0 Å². The summed E-state index contributed by atoms with van der Waals surface area (Å²) in [6.45, 7) is 4.35. The first-order valence-electron chi connectivity index (χ1n) is 6.17. The number of carbonyl (C=O) groups is 1. The fourth-order valence-corrected chi connectivity index (χ4v) is 2.08. The summed E-state index contributed by atoms with van der Waals surface area (Å²) in [5, 5.41) is 12.2. The zero-order chi connectivity index (χ0) is 13.0. The molecule has 0 aliphatic carbocycles. The second-order valence-corrected chi connectivity index (χ2v) is 4.61. The zero-order valence-electron chi connectivity index (χ0n) is 10.4. The zero-order valence-corrected chi connectivity index (χ0v) is 10.4. The van der Waals surface area contributed by atoms with Crippen molar-refractivity contribution in [2.45, 2.75) is 25.9 Å². The monoisotopic (exact) mass is 250 g/mol. The normalized spacial score (nSPS) is 20.8. The fraction of sp³-hybridized carbons (Fsp3) is 0.538.